The van der Waals surface area contributed by atoms with Crippen LogP contribution in [0.25, 0.3) is 12.3 Å². The smallest absolute Gasteiger partial charge is 0.192 e. The van der Waals surface area contributed by atoms with Gasteiger partial charge in [0, 0.05) is 53.4 Å². The molecule has 1 aromatic carbocycles. The Bertz CT molecular complexity index is 984. The van der Waals surface area contributed by atoms with Crippen molar-refractivity contribution in [3.05, 3.63) is 52.7 Å². The zero-order valence-corrected chi connectivity index (χ0v) is 20.6. The number of ketones is 1. The molecular weight excluding hydrogens is 424 g/mol. The van der Waals surface area contributed by atoms with E-state index in [4.69, 9.17) is 14.9 Å². The first kappa shape index (κ1) is 27.8. The average molecular weight is 461 g/mol. The normalized spacial score (nSPS) is 18.5. The lowest BCUT2D eigenvalue weighted by Crippen LogP contribution is -2.31. The number of aliphatic imine (C=N–C) groups is 1. The molecule has 1 aliphatic rings. The lowest BCUT2D eigenvalue weighted by Gasteiger charge is -2.16. The van der Waals surface area contributed by atoms with Gasteiger partial charge in [0.15, 0.2) is 5.78 Å². The van der Waals surface area contributed by atoms with E-state index in [-0.39, 0.29) is 12.0 Å². The van der Waals surface area contributed by atoms with Crippen LogP contribution in [0, 0.1) is 0 Å². The minimum Gasteiger partial charge on any atom is -0.400 e. The maximum Gasteiger partial charge on any atom is 0.192 e. The molecule has 1 saturated heterocycles. The van der Waals surface area contributed by atoms with Crippen LogP contribution in [0.5, 0.6) is 0 Å². The molecular formula is C25H36N2O4S. The number of nitrogens with zero attached hydrogens (tertiary/aromatic N) is 2. The van der Waals surface area contributed by atoms with E-state index >= 15 is 0 Å². The molecule has 2 N–H and O–H groups in total. The summed E-state index contributed by atoms with van der Waals surface area (Å²) in [5.41, 5.74) is 1.70. The van der Waals surface area contributed by atoms with Crippen LogP contribution in [-0.2, 0) is 4.74 Å². The number of hydrogen-bond acceptors (Lipinski definition) is 6. The Hall–Kier alpha value is -2.19. The number of aromatic nitrogens is 1. The summed E-state index contributed by atoms with van der Waals surface area (Å²) in [4.78, 5) is 18.5. The number of rotatable bonds is 7. The van der Waals surface area contributed by atoms with E-state index in [0.29, 0.717) is 0 Å². The van der Waals surface area contributed by atoms with Crippen LogP contribution in [0.4, 0.5) is 0 Å². The van der Waals surface area contributed by atoms with Crippen molar-refractivity contribution in [3.63, 3.8) is 0 Å². The first-order chi connectivity index (χ1) is 15.6. The number of carbonyl (C=O) groups is 1. The fraction of sp³-hybridized carbons (Fsp3) is 0.440. The van der Waals surface area contributed by atoms with Gasteiger partial charge >= 0.3 is 0 Å². The molecule has 176 valence electrons. The van der Waals surface area contributed by atoms with Crippen molar-refractivity contribution in [2.75, 3.05) is 20.5 Å². The van der Waals surface area contributed by atoms with Crippen molar-refractivity contribution in [2.45, 2.75) is 56.8 Å². The Kier molecular flexibility index (Phi) is 12.9. The summed E-state index contributed by atoms with van der Waals surface area (Å²) in [6, 6.07) is 9.76. The summed E-state index contributed by atoms with van der Waals surface area (Å²) in [5, 5.41) is 15.9. The predicted octanol–water partition coefficient (Wildman–Crippen LogP) is 3.40. The fourth-order valence-corrected chi connectivity index (χ4v) is 4.12. The van der Waals surface area contributed by atoms with E-state index in [2.05, 4.69) is 18.5 Å². The predicted molar refractivity (Wildman–Crippen MR) is 134 cm³/mol. The number of ether oxygens (including phenoxy) is 1. The van der Waals surface area contributed by atoms with Gasteiger partial charge in [-0.05, 0) is 44.6 Å². The van der Waals surface area contributed by atoms with E-state index in [9.17, 15) is 4.79 Å². The van der Waals surface area contributed by atoms with Gasteiger partial charge in [-0.2, -0.15) is 0 Å². The highest BCUT2D eigenvalue weighted by atomic mass is 32.2. The number of unbranched alkanes of at least 4 members (excludes halogenated alkanes) is 1. The van der Waals surface area contributed by atoms with Crippen molar-refractivity contribution < 1.29 is 19.7 Å². The number of aliphatic hydroxyl groups is 2. The summed E-state index contributed by atoms with van der Waals surface area (Å²) < 4.78 is 8.18. The molecule has 0 aliphatic carbocycles. The molecule has 2 heterocycles. The molecule has 1 fully saturated rings. The summed E-state index contributed by atoms with van der Waals surface area (Å²) in [6.45, 7) is 8.37. The number of aliphatic hydroxyl groups excluding tert-OH is 2. The highest BCUT2D eigenvalue weighted by Crippen LogP contribution is 2.31. The molecule has 3 rings (SSSR count). The van der Waals surface area contributed by atoms with E-state index in [1.807, 2.05) is 60.5 Å². The van der Waals surface area contributed by atoms with E-state index < -0.39 is 6.10 Å². The molecule has 0 amide bonds. The van der Waals surface area contributed by atoms with E-state index in [0.717, 1.165) is 66.6 Å². The second kappa shape index (κ2) is 14.8. The first-order valence-corrected chi connectivity index (χ1v) is 11.9. The molecule has 1 aromatic heterocycles. The molecule has 2 atom stereocenters. The molecule has 0 radical (unpaired) electrons. The van der Waals surface area contributed by atoms with Gasteiger partial charge < -0.3 is 19.5 Å². The standard InChI is InChI=1S/C23H28N2O2S.2CH4O/c1-5-6-14-24-16(2)18-13-15-25(17(18)3)22-12-11-20(27-22)23(26)19-9-7-8-10-21(19)28-4;2*1-2/h7-10,13-15,20,22H,3,5-6,11-12H2,1-2,4H3;2*2H,1H3/b18-16-,24-14?;;. The highest BCUT2D eigenvalue weighted by molar-refractivity contribution is 7.98. The van der Waals surface area contributed by atoms with Crippen LogP contribution in [-0.4, -0.2) is 53.4 Å². The topological polar surface area (TPSA) is 84.1 Å². The summed E-state index contributed by atoms with van der Waals surface area (Å²) in [5.74, 6) is 0.0670. The number of benzene rings is 1. The van der Waals surface area contributed by atoms with Gasteiger partial charge in [-0.3, -0.25) is 9.79 Å². The van der Waals surface area contributed by atoms with Crippen LogP contribution in [0.15, 0.2) is 46.4 Å². The van der Waals surface area contributed by atoms with Crippen LogP contribution in [0.1, 0.15) is 56.1 Å². The number of Topliss-reactive ketones (excluding diaryl/α,β-unsaturated/α-hetero) is 1. The third-order valence-corrected chi connectivity index (χ3v) is 5.88. The van der Waals surface area contributed by atoms with Gasteiger partial charge in [-0.1, -0.05) is 38.1 Å². The Balaban J connectivity index is 0.00000121. The minimum atomic E-state index is -0.406. The number of carbonyl (C=O) groups excluding carboxylic acids is 1. The zero-order valence-electron chi connectivity index (χ0n) is 19.7. The lowest BCUT2D eigenvalue weighted by molar-refractivity contribution is 0.00601. The fourth-order valence-electron chi connectivity index (χ4n) is 3.52. The number of thioether (sulfide) groups is 1. The SMILES string of the molecule is C=c1/c(=C(/C)N=CCCC)ccn1C1CCC(C(=O)c2ccccc2SC)O1.CO.CO. The molecule has 0 saturated carbocycles. The monoisotopic (exact) mass is 460 g/mol. The van der Waals surface area contributed by atoms with Crippen molar-refractivity contribution in [1.29, 1.82) is 0 Å². The van der Waals surface area contributed by atoms with E-state index in [1.54, 1.807) is 11.8 Å². The van der Waals surface area contributed by atoms with Crippen molar-refractivity contribution in [2.24, 2.45) is 4.99 Å². The third-order valence-electron chi connectivity index (χ3n) is 5.09. The Morgan fingerprint density at radius 1 is 1.25 bits per heavy atom. The molecule has 2 aromatic rings. The Morgan fingerprint density at radius 2 is 1.94 bits per heavy atom. The quantitative estimate of drug-likeness (QED) is 0.376. The molecule has 1 aliphatic heterocycles. The van der Waals surface area contributed by atoms with Crippen LogP contribution >= 0.6 is 11.8 Å². The summed E-state index contributed by atoms with van der Waals surface area (Å²) in [7, 11) is 2.00. The summed E-state index contributed by atoms with van der Waals surface area (Å²) >= 11 is 1.59. The largest absolute Gasteiger partial charge is 0.400 e. The number of hydrogen-bond donors (Lipinski definition) is 2. The second-order valence-electron chi connectivity index (χ2n) is 6.99. The minimum absolute atomic E-state index is 0.0670. The van der Waals surface area contributed by atoms with Crippen molar-refractivity contribution in [3.8, 4) is 0 Å². The molecule has 7 heteroatoms. The van der Waals surface area contributed by atoms with Gasteiger partial charge in [-0.15, -0.1) is 11.8 Å². The first-order valence-electron chi connectivity index (χ1n) is 10.7. The van der Waals surface area contributed by atoms with Crippen molar-refractivity contribution >= 4 is 36.0 Å². The van der Waals surface area contributed by atoms with Crippen LogP contribution in [0.3, 0.4) is 0 Å². The lowest BCUT2D eigenvalue weighted by atomic mass is 10.0. The highest BCUT2D eigenvalue weighted by Gasteiger charge is 2.33. The molecule has 32 heavy (non-hydrogen) atoms. The molecule has 6 nitrogen and oxygen atoms in total. The average Bonchev–Trinajstić information content (AvgIpc) is 3.48. The second-order valence-corrected chi connectivity index (χ2v) is 7.84. The van der Waals surface area contributed by atoms with Gasteiger partial charge in [0.05, 0.1) is 0 Å². The van der Waals surface area contributed by atoms with Crippen LogP contribution in [0.2, 0.25) is 0 Å². The maximum atomic E-state index is 13.0. The maximum absolute atomic E-state index is 13.0. The summed E-state index contributed by atoms with van der Waals surface area (Å²) in [6.07, 6.45) is 8.93. The van der Waals surface area contributed by atoms with Crippen LogP contribution < -0.4 is 10.6 Å². The molecule has 2 unspecified atom stereocenters. The molecule has 0 spiro atoms. The Labute approximate surface area is 195 Å². The van der Waals surface area contributed by atoms with Gasteiger partial charge in [0.25, 0.3) is 0 Å². The zero-order chi connectivity index (χ0) is 24.1. The third kappa shape index (κ3) is 6.90. The van der Waals surface area contributed by atoms with Crippen molar-refractivity contribution in [1.82, 2.24) is 4.57 Å². The van der Waals surface area contributed by atoms with Gasteiger partial charge in [0.1, 0.15) is 12.3 Å². The van der Waals surface area contributed by atoms with Gasteiger partial charge in [-0.25, -0.2) is 0 Å². The molecule has 0 bridgehead atoms. The van der Waals surface area contributed by atoms with Gasteiger partial charge in [0.2, 0.25) is 0 Å². The Morgan fingerprint density at radius 3 is 2.59 bits per heavy atom. The van der Waals surface area contributed by atoms with E-state index in [1.165, 1.54) is 0 Å².